The lowest BCUT2D eigenvalue weighted by molar-refractivity contribution is -0.0509. The van der Waals surface area contributed by atoms with Gasteiger partial charge in [-0.25, -0.2) is 4.98 Å². The Morgan fingerprint density at radius 2 is 1.93 bits per heavy atom. The van der Waals surface area contributed by atoms with Crippen molar-refractivity contribution in [1.29, 1.82) is 0 Å². The molecule has 11 nitrogen and oxygen atoms in total. The number of nitrogens with one attached hydrogen (secondary N) is 2. The molecule has 0 spiro atoms. The lowest BCUT2D eigenvalue weighted by Crippen LogP contribution is -2.33. The summed E-state index contributed by atoms with van der Waals surface area (Å²) < 4.78 is 6.60. The number of ether oxygens (including phenoxy) is 1. The molecule has 1 fully saturated rings. The molecule has 4 rings (SSSR count). The smallest absolute Gasteiger partial charge is 0.301 e. The van der Waals surface area contributed by atoms with Gasteiger partial charge in [0.05, 0.1) is 12.9 Å². The topological polar surface area (TPSA) is 163 Å². The van der Waals surface area contributed by atoms with Crippen LogP contribution in [0.4, 0.5) is 5.95 Å². The van der Waals surface area contributed by atoms with Crippen molar-refractivity contribution in [2.24, 2.45) is 0 Å². The number of aromatic nitrogens is 4. The molecule has 0 saturated carbocycles. The Morgan fingerprint density at radius 3 is 2.63 bits per heavy atom. The lowest BCUT2D eigenvalue weighted by Gasteiger charge is -2.16. The van der Waals surface area contributed by atoms with Crippen LogP contribution in [0, 0.1) is 0 Å². The number of benzene rings is 1. The Morgan fingerprint density at radius 1 is 1.17 bits per heavy atom. The number of aliphatic hydroxyl groups is 3. The number of anilines is 1. The summed E-state index contributed by atoms with van der Waals surface area (Å²) in [7, 11) is 0. The molecule has 30 heavy (non-hydrogen) atoms. The second kappa shape index (κ2) is 8.32. The summed E-state index contributed by atoms with van der Waals surface area (Å²) in [6.45, 7) is -0.0851. The molecule has 11 heteroatoms. The number of imidazole rings is 1. The van der Waals surface area contributed by atoms with Gasteiger partial charge in [-0.2, -0.15) is 4.98 Å². The molecule has 0 amide bonds. The van der Waals surface area contributed by atoms with Gasteiger partial charge in [0.15, 0.2) is 11.7 Å². The molecule has 1 saturated heterocycles. The number of fused-ring (bicyclic) bond motifs is 1. The number of H-pyrrole nitrogens is 1. The van der Waals surface area contributed by atoms with E-state index in [0.717, 1.165) is 16.5 Å². The summed E-state index contributed by atoms with van der Waals surface area (Å²) in [4.78, 5) is 35.6. The van der Waals surface area contributed by atoms with E-state index in [0.29, 0.717) is 13.0 Å². The average molecular weight is 415 g/mol. The highest BCUT2D eigenvalue weighted by molar-refractivity contribution is 5.73. The van der Waals surface area contributed by atoms with E-state index in [1.165, 1.54) is 0 Å². The van der Waals surface area contributed by atoms with Gasteiger partial charge < -0.3 is 25.4 Å². The normalized spacial score (nSPS) is 23.7. The van der Waals surface area contributed by atoms with Crippen LogP contribution in [0.2, 0.25) is 0 Å². The fourth-order valence-corrected chi connectivity index (χ4v) is 3.45. The van der Waals surface area contributed by atoms with Gasteiger partial charge >= 0.3 is 5.56 Å². The maximum absolute atomic E-state index is 12.8. The lowest BCUT2D eigenvalue weighted by atomic mass is 10.1. The molecule has 1 unspecified atom stereocenters. The first-order valence-corrected chi connectivity index (χ1v) is 9.41. The van der Waals surface area contributed by atoms with E-state index < -0.39 is 42.3 Å². The second-order valence-electron chi connectivity index (χ2n) is 6.96. The van der Waals surface area contributed by atoms with Crippen LogP contribution in [0.15, 0.2) is 46.2 Å². The zero-order valence-corrected chi connectivity index (χ0v) is 15.8. The Kier molecular flexibility index (Phi) is 5.59. The van der Waals surface area contributed by atoms with Crippen LogP contribution >= 0.6 is 0 Å². The third kappa shape index (κ3) is 3.71. The van der Waals surface area contributed by atoms with Crippen LogP contribution in [0.5, 0.6) is 0 Å². The predicted molar refractivity (Wildman–Crippen MR) is 106 cm³/mol. The van der Waals surface area contributed by atoms with Gasteiger partial charge in [-0.1, -0.05) is 30.3 Å². The molecule has 1 aliphatic rings. The third-order valence-corrected chi connectivity index (χ3v) is 5.00. The fourth-order valence-electron chi connectivity index (χ4n) is 3.45. The van der Waals surface area contributed by atoms with E-state index in [1.807, 2.05) is 30.3 Å². The van der Waals surface area contributed by atoms with E-state index in [9.17, 15) is 24.9 Å². The molecule has 3 aromatic rings. The van der Waals surface area contributed by atoms with Crippen LogP contribution in [0.1, 0.15) is 11.8 Å². The Bertz CT molecular complexity index is 1150. The number of rotatable bonds is 6. The Hall–Kier alpha value is -3.12. The Labute approximate surface area is 169 Å². The largest absolute Gasteiger partial charge is 0.394 e. The summed E-state index contributed by atoms with van der Waals surface area (Å²) >= 11 is 0. The molecule has 0 aliphatic carbocycles. The minimum atomic E-state index is -1.42. The maximum atomic E-state index is 12.8. The van der Waals surface area contributed by atoms with E-state index in [2.05, 4.69) is 20.3 Å². The second-order valence-corrected chi connectivity index (χ2v) is 6.96. The summed E-state index contributed by atoms with van der Waals surface area (Å²) in [5, 5.41) is 32.4. The molecule has 0 bridgehead atoms. The van der Waals surface area contributed by atoms with Gasteiger partial charge in [0.25, 0.3) is 5.56 Å². The standard InChI is InChI=1S/C19H21N5O6/c25-8-11-14(26)15(27)18(30-11)24-9-21-12-13(24)17(29)23-19(22-16(12)28)20-7-6-10-4-2-1-3-5-10/h1-5,9,11,14-15,18,25-27H,6-8H2,(H2,20,22,23,28,29)/t11-,14-,15-,18?/m1/s1. The molecule has 5 N–H and O–H groups in total. The Balaban J connectivity index is 1.64. The molecule has 1 aromatic carbocycles. The van der Waals surface area contributed by atoms with E-state index >= 15 is 0 Å². The molecule has 4 atom stereocenters. The van der Waals surface area contributed by atoms with Gasteiger partial charge in [0.2, 0.25) is 5.95 Å². The van der Waals surface area contributed by atoms with Gasteiger partial charge in [-0.05, 0) is 12.0 Å². The van der Waals surface area contributed by atoms with Crippen molar-refractivity contribution < 1.29 is 20.1 Å². The SMILES string of the molecule is O=c1nc(NCCc2ccccc2)[nH]c(=O)c2c1ncn2C1O[C@H](CO)[C@@H](O)[C@H]1O. The first-order chi connectivity index (χ1) is 14.5. The highest BCUT2D eigenvalue weighted by atomic mass is 16.6. The number of hydrogen-bond donors (Lipinski definition) is 5. The van der Waals surface area contributed by atoms with Crippen LogP contribution in [0.3, 0.4) is 0 Å². The monoisotopic (exact) mass is 415 g/mol. The number of nitrogens with zero attached hydrogens (tertiary/aromatic N) is 3. The number of aliphatic hydroxyl groups excluding tert-OH is 3. The van der Waals surface area contributed by atoms with Crippen LogP contribution < -0.4 is 16.4 Å². The molecule has 158 valence electrons. The molecule has 1 aliphatic heterocycles. The summed E-state index contributed by atoms with van der Waals surface area (Å²) in [5.41, 5.74) is -0.686. The van der Waals surface area contributed by atoms with E-state index in [-0.39, 0.29) is 17.0 Å². The van der Waals surface area contributed by atoms with Crippen LogP contribution in [-0.2, 0) is 11.2 Å². The number of hydrogen-bond acceptors (Lipinski definition) is 9. The highest BCUT2D eigenvalue weighted by Crippen LogP contribution is 2.30. The van der Waals surface area contributed by atoms with E-state index in [1.54, 1.807) is 0 Å². The van der Waals surface area contributed by atoms with Crippen LogP contribution in [0.25, 0.3) is 11.0 Å². The summed E-state index contributed by atoms with van der Waals surface area (Å²) in [5.74, 6) is -0.00774. The quantitative estimate of drug-likeness (QED) is 0.331. The highest BCUT2D eigenvalue weighted by Gasteiger charge is 2.44. The maximum Gasteiger partial charge on any atom is 0.301 e. The molecule has 2 aromatic heterocycles. The summed E-state index contributed by atoms with van der Waals surface area (Å²) in [6, 6.07) is 9.68. The van der Waals surface area contributed by atoms with Crippen molar-refractivity contribution in [3.8, 4) is 0 Å². The van der Waals surface area contributed by atoms with Crippen molar-refractivity contribution in [3.63, 3.8) is 0 Å². The molecule has 0 radical (unpaired) electrons. The zero-order chi connectivity index (χ0) is 21.3. The van der Waals surface area contributed by atoms with Gasteiger partial charge in [0, 0.05) is 6.54 Å². The van der Waals surface area contributed by atoms with Crippen LogP contribution in [-0.4, -0.2) is 66.3 Å². The van der Waals surface area contributed by atoms with Crippen molar-refractivity contribution in [3.05, 3.63) is 62.9 Å². The minimum Gasteiger partial charge on any atom is -0.394 e. The average Bonchev–Trinajstić information content (AvgIpc) is 3.27. The van der Waals surface area contributed by atoms with Gasteiger partial charge in [-0.3, -0.25) is 19.1 Å². The molecular formula is C19H21N5O6. The van der Waals surface area contributed by atoms with Crippen molar-refractivity contribution in [2.45, 2.75) is 31.0 Å². The van der Waals surface area contributed by atoms with Crippen molar-refractivity contribution >= 4 is 17.0 Å². The fraction of sp³-hybridized carbons (Fsp3) is 0.368. The summed E-state index contributed by atoms with van der Waals surface area (Å²) in [6.07, 6.45) is -3.18. The molecular weight excluding hydrogens is 394 g/mol. The zero-order valence-electron chi connectivity index (χ0n) is 15.8. The van der Waals surface area contributed by atoms with Crippen molar-refractivity contribution in [2.75, 3.05) is 18.5 Å². The van der Waals surface area contributed by atoms with Crippen molar-refractivity contribution in [1.82, 2.24) is 19.5 Å². The van der Waals surface area contributed by atoms with E-state index in [4.69, 9.17) is 4.74 Å². The molecule has 3 heterocycles. The third-order valence-electron chi connectivity index (χ3n) is 5.00. The minimum absolute atomic E-state index is 0.00774. The number of aromatic amines is 1. The predicted octanol–water partition coefficient (Wildman–Crippen LogP) is -1.25. The first-order valence-electron chi connectivity index (χ1n) is 9.41. The van der Waals surface area contributed by atoms with Gasteiger partial charge in [0.1, 0.15) is 23.8 Å². The van der Waals surface area contributed by atoms with Gasteiger partial charge in [-0.15, -0.1) is 0 Å². The first kappa shape index (κ1) is 20.2.